The smallest absolute Gasteiger partial charge is 0.360 e. The lowest BCUT2D eigenvalue weighted by Gasteiger charge is -2.29. The predicted octanol–water partition coefficient (Wildman–Crippen LogP) is 3.77. The van der Waals surface area contributed by atoms with Crippen LogP contribution in [0.5, 0.6) is 5.75 Å². The molecule has 250 valence electrons. The van der Waals surface area contributed by atoms with Gasteiger partial charge >= 0.3 is 5.97 Å². The third-order valence-corrected chi connectivity index (χ3v) is 9.33. The Hall–Kier alpha value is -5.17. The van der Waals surface area contributed by atoms with Crippen LogP contribution in [0.3, 0.4) is 0 Å². The first-order valence-electron chi connectivity index (χ1n) is 16.0. The number of aliphatic hydroxyl groups is 1. The zero-order valence-corrected chi connectivity index (χ0v) is 27.4. The summed E-state index contributed by atoms with van der Waals surface area (Å²) in [6.45, 7) is 8.89. The Kier molecular flexibility index (Phi) is 7.54. The molecule has 1 spiro atoms. The summed E-state index contributed by atoms with van der Waals surface area (Å²) in [6.07, 6.45) is -1.83. The van der Waals surface area contributed by atoms with Gasteiger partial charge in [-0.1, -0.05) is 58.0 Å². The number of nitrogens with zero attached hydrogens (tertiary/aromatic N) is 2. The van der Waals surface area contributed by atoms with E-state index in [0.29, 0.717) is 11.5 Å². The fourth-order valence-electron chi connectivity index (χ4n) is 6.79. The number of amides is 2. The van der Waals surface area contributed by atoms with Gasteiger partial charge in [0, 0.05) is 17.7 Å². The highest BCUT2D eigenvalue weighted by molar-refractivity contribution is 5.90. The minimum Gasteiger partial charge on any atom is -0.469 e. The number of aliphatic hydroxyl groups excluding tert-OH is 1. The van der Waals surface area contributed by atoms with Gasteiger partial charge in [-0.3, -0.25) is 9.59 Å². The Morgan fingerprint density at radius 3 is 2.56 bits per heavy atom. The number of carbonyl (C=O) groups is 3. The molecule has 0 saturated carbocycles. The van der Waals surface area contributed by atoms with Crippen LogP contribution in [0.4, 0.5) is 5.69 Å². The standard InChI is InChI=1S/C35H37N5O8/c1-15(2)24-31-40-26(32-39-25(17(5)46-32)33(44)45-6)28(48-31)35-19-9-7-8-10-21(19)37-34(35)47-23-12-11-18(13-20(23)35)14-22(29(42)38-24)36-30(43)27(41)16(3)4/h7-13,15-16,22,24,27,34,37,41H,14H2,1-6H3,(H,36,43)(H,38,42)/t22-,24-,27-,34-,35?/m0/s1. The largest absolute Gasteiger partial charge is 0.469 e. The number of esters is 1. The quantitative estimate of drug-likeness (QED) is 0.222. The number of hydrogen-bond donors (Lipinski definition) is 4. The van der Waals surface area contributed by atoms with Crippen molar-refractivity contribution >= 4 is 23.5 Å². The van der Waals surface area contributed by atoms with E-state index in [1.807, 2.05) is 56.3 Å². The van der Waals surface area contributed by atoms with Gasteiger partial charge in [0.15, 0.2) is 23.4 Å². The number of aryl methyl sites for hydroxylation is 1. The highest BCUT2D eigenvalue weighted by Gasteiger charge is 2.61. The van der Waals surface area contributed by atoms with Crippen molar-refractivity contribution in [3.05, 3.63) is 82.3 Å². The number of anilines is 1. The van der Waals surface area contributed by atoms with Crippen molar-refractivity contribution in [2.24, 2.45) is 11.8 Å². The Bertz CT molecular complexity index is 1950. The molecule has 4 bridgehead atoms. The van der Waals surface area contributed by atoms with E-state index in [1.165, 1.54) is 7.11 Å². The molecule has 7 rings (SSSR count). The number of fused-ring (bicyclic) bond motifs is 4. The van der Waals surface area contributed by atoms with E-state index < -0.39 is 47.6 Å². The first-order valence-corrected chi connectivity index (χ1v) is 16.0. The van der Waals surface area contributed by atoms with Gasteiger partial charge in [-0.05, 0) is 42.0 Å². The number of methoxy groups -OCH3 is 1. The molecule has 1 unspecified atom stereocenters. The molecular weight excluding hydrogens is 618 g/mol. The maximum atomic E-state index is 14.0. The molecule has 2 amide bonds. The van der Waals surface area contributed by atoms with Crippen molar-refractivity contribution in [1.82, 2.24) is 20.6 Å². The minimum absolute atomic E-state index is 0.00107. The first kappa shape index (κ1) is 31.4. The second kappa shape index (κ2) is 11.5. The summed E-state index contributed by atoms with van der Waals surface area (Å²) in [6, 6.07) is 11.6. The van der Waals surface area contributed by atoms with Crippen molar-refractivity contribution in [3.63, 3.8) is 0 Å². The highest BCUT2D eigenvalue weighted by atomic mass is 16.5. The van der Waals surface area contributed by atoms with Crippen LogP contribution in [0.2, 0.25) is 0 Å². The summed E-state index contributed by atoms with van der Waals surface area (Å²) in [5.41, 5.74) is 2.31. The monoisotopic (exact) mass is 655 g/mol. The van der Waals surface area contributed by atoms with Gasteiger partial charge in [0.25, 0.3) is 0 Å². The topological polar surface area (TPSA) is 178 Å². The van der Waals surface area contributed by atoms with Gasteiger partial charge in [0.05, 0.1) is 7.11 Å². The molecule has 0 radical (unpaired) electrons. The first-order chi connectivity index (χ1) is 22.9. The molecule has 0 saturated heterocycles. The average molecular weight is 656 g/mol. The van der Waals surface area contributed by atoms with Crippen LogP contribution in [0.25, 0.3) is 11.6 Å². The molecule has 4 N–H and O–H groups in total. The van der Waals surface area contributed by atoms with Gasteiger partial charge in [-0.15, -0.1) is 0 Å². The number of ether oxygens (including phenoxy) is 2. The molecule has 2 aromatic heterocycles. The van der Waals surface area contributed by atoms with Gasteiger partial charge in [0.1, 0.15) is 35.1 Å². The van der Waals surface area contributed by atoms with Gasteiger partial charge in [0.2, 0.25) is 23.6 Å². The summed E-state index contributed by atoms with van der Waals surface area (Å²) in [7, 11) is 1.27. The fraction of sp³-hybridized carbons (Fsp3) is 0.400. The molecular formula is C35H37N5O8. The second-order valence-electron chi connectivity index (χ2n) is 13.2. The lowest BCUT2D eigenvalue weighted by Crippen LogP contribution is -2.52. The van der Waals surface area contributed by atoms with Crippen LogP contribution in [-0.4, -0.2) is 58.3 Å². The van der Waals surface area contributed by atoms with Crippen LogP contribution in [0, 0.1) is 18.8 Å². The minimum atomic E-state index is -1.30. The van der Waals surface area contributed by atoms with Gasteiger partial charge in [-0.2, -0.15) is 0 Å². The van der Waals surface area contributed by atoms with Crippen molar-refractivity contribution in [2.75, 3.05) is 12.4 Å². The van der Waals surface area contributed by atoms with Crippen LogP contribution in [0.1, 0.15) is 78.3 Å². The molecule has 48 heavy (non-hydrogen) atoms. The molecule has 5 heterocycles. The maximum absolute atomic E-state index is 14.0. The van der Waals surface area contributed by atoms with Crippen molar-refractivity contribution in [1.29, 1.82) is 0 Å². The number of nitrogens with one attached hydrogen (secondary N) is 3. The number of carbonyl (C=O) groups excluding carboxylic acids is 3. The van der Waals surface area contributed by atoms with Crippen molar-refractivity contribution in [2.45, 2.75) is 70.9 Å². The number of oxazole rings is 2. The Labute approximate surface area is 276 Å². The fourth-order valence-corrected chi connectivity index (χ4v) is 6.79. The van der Waals surface area contributed by atoms with Crippen LogP contribution in [0.15, 0.2) is 51.3 Å². The zero-order valence-electron chi connectivity index (χ0n) is 27.4. The predicted molar refractivity (Wildman–Crippen MR) is 171 cm³/mol. The molecule has 3 aliphatic rings. The summed E-state index contributed by atoms with van der Waals surface area (Å²) in [5, 5.41) is 19.8. The third-order valence-electron chi connectivity index (χ3n) is 9.33. The third kappa shape index (κ3) is 4.75. The lowest BCUT2D eigenvalue weighted by atomic mass is 9.72. The van der Waals surface area contributed by atoms with E-state index >= 15 is 0 Å². The van der Waals surface area contributed by atoms with Gasteiger partial charge in [-0.25, -0.2) is 14.8 Å². The second-order valence-corrected chi connectivity index (χ2v) is 13.2. The SMILES string of the molecule is COC(=O)c1nc(-c2nc3oc2C24c5ccccc5N[C@H]2Oc2ccc(cc24)C[C@H](NC(=O)[C@@H](O)C(C)C)C(=O)N[C@H]3C(C)C)oc1C. The molecule has 5 atom stereocenters. The normalized spacial score (nSPS) is 22.9. The van der Waals surface area contributed by atoms with Crippen LogP contribution >= 0.6 is 0 Å². The number of para-hydroxylation sites is 1. The number of benzene rings is 2. The Morgan fingerprint density at radius 2 is 1.83 bits per heavy atom. The van der Waals surface area contributed by atoms with E-state index in [9.17, 15) is 19.5 Å². The van der Waals surface area contributed by atoms with Crippen molar-refractivity contribution < 1.29 is 37.8 Å². The average Bonchev–Trinajstić information content (AvgIpc) is 3.81. The summed E-state index contributed by atoms with van der Waals surface area (Å²) < 4.78 is 24.4. The van der Waals surface area contributed by atoms with E-state index in [0.717, 1.165) is 22.4 Å². The Morgan fingerprint density at radius 1 is 1.06 bits per heavy atom. The lowest BCUT2D eigenvalue weighted by molar-refractivity contribution is -0.135. The van der Waals surface area contributed by atoms with E-state index in [2.05, 4.69) is 20.9 Å². The summed E-state index contributed by atoms with van der Waals surface area (Å²) in [5.74, 6) is -0.951. The number of hydrogen-bond acceptors (Lipinski definition) is 11. The van der Waals surface area contributed by atoms with Gasteiger partial charge < -0.3 is 39.4 Å². The van der Waals surface area contributed by atoms with Crippen molar-refractivity contribution in [3.8, 4) is 17.3 Å². The summed E-state index contributed by atoms with van der Waals surface area (Å²) in [4.78, 5) is 49.1. The van der Waals surface area contributed by atoms with Crippen LogP contribution < -0.4 is 20.7 Å². The number of rotatable bonds is 6. The molecule has 13 nitrogen and oxygen atoms in total. The Balaban J connectivity index is 1.49. The molecule has 4 aromatic rings. The number of aromatic nitrogens is 2. The van der Waals surface area contributed by atoms with E-state index in [4.69, 9.17) is 23.3 Å². The summed E-state index contributed by atoms with van der Waals surface area (Å²) >= 11 is 0. The maximum Gasteiger partial charge on any atom is 0.360 e. The molecule has 13 heteroatoms. The molecule has 0 aliphatic carbocycles. The zero-order chi connectivity index (χ0) is 34.1. The molecule has 2 aromatic carbocycles. The van der Waals surface area contributed by atoms with E-state index in [1.54, 1.807) is 20.8 Å². The molecule has 0 fully saturated rings. The molecule has 3 aliphatic heterocycles. The van der Waals surface area contributed by atoms with Crippen LogP contribution in [-0.2, 0) is 26.2 Å². The van der Waals surface area contributed by atoms with E-state index in [-0.39, 0.29) is 47.2 Å². The highest BCUT2D eigenvalue weighted by Crippen LogP contribution is 2.59.